The fraction of sp³-hybridized carbons (Fsp3) is 0.118. The van der Waals surface area contributed by atoms with Gasteiger partial charge >= 0.3 is 0 Å². The van der Waals surface area contributed by atoms with E-state index in [2.05, 4.69) is 16.2 Å². The monoisotopic (exact) mass is 395 g/mol. The second kappa shape index (κ2) is 9.36. The highest BCUT2D eigenvalue weighted by Crippen LogP contribution is 2.24. The maximum atomic E-state index is 12.7. The molecule has 2 amide bonds. The van der Waals surface area contributed by atoms with Crippen molar-refractivity contribution in [1.29, 1.82) is 0 Å². The highest BCUT2D eigenvalue weighted by Gasteiger charge is 2.23. The van der Waals surface area contributed by atoms with E-state index >= 15 is 0 Å². The zero-order chi connectivity index (χ0) is 18.2. The number of hydrogen-bond donors (Lipinski definition) is 3. The first-order chi connectivity index (χ1) is 12.0. The maximum Gasteiger partial charge on any atom is 0.259 e. The van der Waals surface area contributed by atoms with Crippen LogP contribution in [0.1, 0.15) is 17.0 Å². The number of carbonyl (C=O) groups is 2. The molecule has 0 fully saturated rings. The number of carbonyl (C=O) groups excluding carboxylic acids is 2. The molecule has 2 aromatic rings. The first kappa shape index (κ1) is 19.2. The van der Waals surface area contributed by atoms with Gasteiger partial charge in [-0.15, -0.1) is 0 Å². The molecule has 0 bridgehead atoms. The number of thiocarbonyl (C=S) groups is 1. The fourth-order valence-corrected chi connectivity index (χ4v) is 2.44. The summed E-state index contributed by atoms with van der Waals surface area (Å²) in [7, 11) is 0. The molecule has 0 saturated carbocycles. The van der Waals surface area contributed by atoms with Crippen molar-refractivity contribution in [2.24, 2.45) is 0 Å². The van der Waals surface area contributed by atoms with Crippen LogP contribution >= 0.6 is 35.4 Å². The van der Waals surface area contributed by atoms with Gasteiger partial charge in [-0.1, -0.05) is 83.9 Å². The topological polar surface area (TPSA) is 70.2 Å². The molecule has 0 aliphatic carbocycles. The molecule has 8 heteroatoms. The molecular weight excluding hydrogens is 381 g/mol. The third-order valence-electron chi connectivity index (χ3n) is 3.26. The van der Waals surface area contributed by atoms with E-state index in [0.29, 0.717) is 0 Å². The quantitative estimate of drug-likeness (QED) is 0.422. The number of alkyl halides is 2. The number of hydrogen-bond acceptors (Lipinski definition) is 3. The molecule has 0 aliphatic heterocycles. The summed E-state index contributed by atoms with van der Waals surface area (Å²) in [4.78, 5) is 22.8. The van der Waals surface area contributed by atoms with Crippen LogP contribution in [0.2, 0.25) is 0 Å². The van der Waals surface area contributed by atoms with Crippen LogP contribution in [-0.2, 0) is 9.59 Å². The van der Waals surface area contributed by atoms with Gasteiger partial charge in [0.25, 0.3) is 5.91 Å². The van der Waals surface area contributed by atoms with Gasteiger partial charge in [-0.25, -0.2) is 0 Å². The Morgan fingerprint density at radius 3 is 1.72 bits per heavy atom. The number of amides is 2. The Kier molecular flexibility index (Phi) is 7.18. The minimum atomic E-state index is -1.25. The minimum absolute atomic E-state index is 0.107. The predicted molar refractivity (Wildman–Crippen MR) is 102 cm³/mol. The Morgan fingerprint density at radius 1 is 0.800 bits per heavy atom. The summed E-state index contributed by atoms with van der Waals surface area (Å²) in [6.45, 7) is 0. The zero-order valence-corrected chi connectivity index (χ0v) is 15.2. The Bertz CT molecular complexity index is 703. The summed E-state index contributed by atoms with van der Waals surface area (Å²) in [5.41, 5.74) is 6.61. The highest BCUT2D eigenvalue weighted by molar-refractivity contribution is 7.80. The van der Waals surface area contributed by atoms with Crippen LogP contribution in [-0.4, -0.2) is 21.8 Å². The van der Waals surface area contributed by atoms with Gasteiger partial charge in [-0.2, -0.15) is 0 Å². The van der Waals surface area contributed by atoms with E-state index in [1.165, 1.54) is 0 Å². The lowest BCUT2D eigenvalue weighted by molar-refractivity contribution is -0.122. The molecule has 25 heavy (non-hydrogen) atoms. The number of hydrazine groups is 1. The van der Waals surface area contributed by atoms with E-state index in [1.807, 2.05) is 60.7 Å². The summed E-state index contributed by atoms with van der Waals surface area (Å²) < 4.78 is 0. The summed E-state index contributed by atoms with van der Waals surface area (Å²) in [5.74, 6) is -1.55. The third kappa shape index (κ3) is 5.70. The van der Waals surface area contributed by atoms with Gasteiger partial charge in [0.2, 0.25) is 5.91 Å². The lowest BCUT2D eigenvalue weighted by Crippen LogP contribution is -2.50. The summed E-state index contributed by atoms with van der Waals surface area (Å²) >= 11 is 15.8. The molecule has 2 rings (SSSR count). The molecule has 0 saturated heterocycles. The normalized spacial score (nSPS) is 10.4. The zero-order valence-electron chi connectivity index (χ0n) is 12.9. The molecule has 0 heterocycles. The Labute approximate surface area is 160 Å². The number of halogens is 2. The van der Waals surface area contributed by atoms with Crippen molar-refractivity contribution in [3.05, 3.63) is 71.8 Å². The minimum Gasteiger partial charge on any atom is -0.299 e. The summed E-state index contributed by atoms with van der Waals surface area (Å²) in [6.07, 6.45) is 0. The van der Waals surface area contributed by atoms with E-state index in [-0.39, 0.29) is 11.0 Å². The van der Waals surface area contributed by atoms with Crippen molar-refractivity contribution < 1.29 is 9.59 Å². The average Bonchev–Trinajstić information content (AvgIpc) is 2.62. The van der Waals surface area contributed by atoms with Crippen molar-refractivity contribution in [3.63, 3.8) is 0 Å². The van der Waals surface area contributed by atoms with Crippen LogP contribution in [0.15, 0.2) is 60.7 Å². The first-order valence-electron chi connectivity index (χ1n) is 7.27. The van der Waals surface area contributed by atoms with Gasteiger partial charge in [0.05, 0.1) is 5.92 Å². The third-order valence-corrected chi connectivity index (χ3v) is 3.86. The molecule has 0 unspecified atom stereocenters. The van der Waals surface area contributed by atoms with Crippen molar-refractivity contribution in [2.45, 2.75) is 10.8 Å². The molecule has 0 aliphatic rings. The molecule has 0 aromatic heterocycles. The van der Waals surface area contributed by atoms with Crippen LogP contribution in [0.4, 0.5) is 0 Å². The second-order valence-corrected chi connectivity index (χ2v) is 6.49. The van der Waals surface area contributed by atoms with Gasteiger partial charge in [-0.3, -0.25) is 25.8 Å². The maximum absolute atomic E-state index is 12.7. The molecule has 0 radical (unpaired) electrons. The number of nitrogens with one attached hydrogen (secondary N) is 3. The Morgan fingerprint density at radius 2 is 1.28 bits per heavy atom. The van der Waals surface area contributed by atoms with Gasteiger partial charge < -0.3 is 0 Å². The van der Waals surface area contributed by atoms with Crippen LogP contribution < -0.4 is 16.2 Å². The molecule has 2 aromatic carbocycles. The summed E-state index contributed by atoms with van der Waals surface area (Å²) in [5, 5.41) is 2.15. The largest absolute Gasteiger partial charge is 0.299 e. The lowest BCUT2D eigenvalue weighted by Gasteiger charge is -2.19. The van der Waals surface area contributed by atoms with Gasteiger partial charge in [0.1, 0.15) is 0 Å². The molecule has 3 N–H and O–H groups in total. The SMILES string of the molecule is O=C(NC(=S)NNC(=O)C(c1ccccc1)c1ccccc1)C(Cl)Cl. The van der Waals surface area contributed by atoms with E-state index in [9.17, 15) is 9.59 Å². The molecular formula is C17H15Cl2N3O2S. The lowest BCUT2D eigenvalue weighted by atomic mass is 9.91. The van der Waals surface area contributed by atoms with E-state index in [1.54, 1.807) is 0 Å². The molecule has 0 atom stereocenters. The average molecular weight is 396 g/mol. The first-order valence-corrected chi connectivity index (χ1v) is 8.56. The molecule has 0 spiro atoms. The van der Waals surface area contributed by atoms with Gasteiger partial charge in [-0.05, 0) is 23.3 Å². The van der Waals surface area contributed by atoms with E-state index in [0.717, 1.165) is 11.1 Å². The van der Waals surface area contributed by atoms with Gasteiger partial charge in [0.15, 0.2) is 9.95 Å². The van der Waals surface area contributed by atoms with Crippen molar-refractivity contribution in [1.82, 2.24) is 16.2 Å². The Balaban J connectivity index is 2.09. The smallest absolute Gasteiger partial charge is 0.259 e. The van der Waals surface area contributed by atoms with E-state index in [4.69, 9.17) is 35.4 Å². The van der Waals surface area contributed by atoms with Crippen molar-refractivity contribution in [3.8, 4) is 0 Å². The van der Waals surface area contributed by atoms with Gasteiger partial charge in [0, 0.05) is 0 Å². The highest BCUT2D eigenvalue weighted by atomic mass is 35.5. The van der Waals surface area contributed by atoms with Crippen LogP contribution in [0.5, 0.6) is 0 Å². The van der Waals surface area contributed by atoms with E-state index < -0.39 is 16.7 Å². The fourth-order valence-electron chi connectivity index (χ4n) is 2.17. The number of benzene rings is 2. The van der Waals surface area contributed by atoms with Crippen molar-refractivity contribution in [2.75, 3.05) is 0 Å². The molecule has 130 valence electrons. The van der Waals surface area contributed by atoms with Crippen LogP contribution in [0.3, 0.4) is 0 Å². The standard InChI is InChI=1S/C17H15Cl2N3O2S/c18-14(19)16(24)20-17(25)22-21-15(23)13(11-7-3-1-4-8-11)12-9-5-2-6-10-12/h1-10,13-14H,(H,21,23)(H2,20,22,24,25). The van der Waals surface area contributed by atoms with Crippen LogP contribution in [0.25, 0.3) is 0 Å². The second-order valence-electron chi connectivity index (χ2n) is 4.99. The molecule has 5 nitrogen and oxygen atoms in total. The summed E-state index contributed by atoms with van der Waals surface area (Å²) in [6, 6.07) is 18.6. The van der Waals surface area contributed by atoms with Crippen LogP contribution in [0, 0.1) is 0 Å². The van der Waals surface area contributed by atoms with Crippen molar-refractivity contribution >= 4 is 52.3 Å². The predicted octanol–water partition coefficient (Wildman–Crippen LogP) is 2.64. The Hall–Kier alpha value is -2.15. The number of rotatable bonds is 4.